The fourth-order valence-corrected chi connectivity index (χ4v) is 4.44. The molecule has 0 saturated carbocycles. The quantitative estimate of drug-likeness (QED) is 0.321. The molecule has 0 aliphatic carbocycles. The fourth-order valence-electron chi connectivity index (χ4n) is 3.40. The van der Waals surface area contributed by atoms with Crippen LogP contribution in [0, 0.1) is 20.8 Å². The van der Waals surface area contributed by atoms with Crippen molar-refractivity contribution in [3.63, 3.8) is 0 Å². The number of benzene rings is 1. The summed E-state index contributed by atoms with van der Waals surface area (Å²) < 4.78 is 44.3. The molecule has 0 radical (unpaired) electrons. The van der Waals surface area contributed by atoms with E-state index in [0.29, 0.717) is 35.2 Å². The minimum Gasteiger partial charge on any atom is -0.494 e. The first kappa shape index (κ1) is 25.2. The van der Waals surface area contributed by atoms with E-state index in [9.17, 15) is 18.0 Å². The van der Waals surface area contributed by atoms with Crippen LogP contribution < -0.4 is 9.46 Å². The van der Waals surface area contributed by atoms with Gasteiger partial charge >= 0.3 is 5.97 Å². The van der Waals surface area contributed by atoms with Crippen molar-refractivity contribution in [2.45, 2.75) is 39.0 Å². The second kappa shape index (κ2) is 10.7. The number of carbonyl (C=O) groups excluding carboxylic acids is 2. The van der Waals surface area contributed by atoms with Gasteiger partial charge in [-0.05, 0) is 58.0 Å². The molecular formula is C23H27N3O7S. The van der Waals surface area contributed by atoms with Gasteiger partial charge in [-0.15, -0.1) is 0 Å². The molecule has 10 nitrogen and oxygen atoms in total. The highest BCUT2D eigenvalue weighted by atomic mass is 32.2. The molecule has 1 aromatic carbocycles. The van der Waals surface area contributed by atoms with E-state index in [4.69, 9.17) is 14.0 Å². The van der Waals surface area contributed by atoms with Crippen molar-refractivity contribution in [1.29, 1.82) is 0 Å². The Morgan fingerprint density at radius 1 is 1.12 bits per heavy atom. The summed E-state index contributed by atoms with van der Waals surface area (Å²) in [6.45, 7) is 7.06. The molecule has 182 valence electrons. The molecule has 3 aromatic rings. The van der Waals surface area contributed by atoms with Crippen molar-refractivity contribution >= 4 is 21.8 Å². The lowest BCUT2D eigenvalue weighted by Gasteiger charge is -2.08. The summed E-state index contributed by atoms with van der Waals surface area (Å²) in [6, 6.07) is 9.39. The Kier molecular flexibility index (Phi) is 7.90. The standard InChI is InChI=1S/C23H27N3O7S/c1-5-31-18-6-8-19(9-7-18)34(29,30)24-11-10-23(28)32-14-21(27)20-12-15(2)26(17(20)4)22-13-16(3)33-25-22/h6-9,12-13,24H,5,10-11,14H2,1-4H3. The Bertz CT molecular complexity index is 1270. The predicted molar refractivity (Wildman–Crippen MR) is 123 cm³/mol. The van der Waals surface area contributed by atoms with E-state index in [-0.39, 0.29) is 23.6 Å². The van der Waals surface area contributed by atoms with Crippen LogP contribution in [0.3, 0.4) is 0 Å². The van der Waals surface area contributed by atoms with E-state index >= 15 is 0 Å². The number of ketones is 1. The van der Waals surface area contributed by atoms with Crippen LogP contribution >= 0.6 is 0 Å². The molecule has 2 heterocycles. The van der Waals surface area contributed by atoms with Crippen molar-refractivity contribution in [2.75, 3.05) is 19.8 Å². The monoisotopic (exact) mass is 489 g/mol. The number of sulfonamides is 1. The van der Waals surface area contributed by atoms with Gasteiger partial charge < -0.3 is 14.0 Å². The van der Waals surface area contributed by atoms with Gasteiger partial charge in [0.05, 0.1) is 17.9 Å². The number of hydrogen-bond donors (Lipinski definition) is 1. The Morgan fingerprint density at radius 3 is 2.44 bits per heavy atom. The topological polar surface area (TPSA) is 130 Å². The van der Waals surface area contributed by atoms with Gasteiger partial charge in [0.2, 0.25) is 15.8 Å². The molecule has 0 amide bonds. The first-order valence-electron chi connectivity index (χ1n) is 10.7. The minimum atomic E-state index is -3.79. The van der Waals surface area contributed by atoms with Crippen LogP contribution in [0.25, 0.3) is 5.82 Å². The Balaban J connectivity index is 1.51. The molecule has 0 unspecified atom stereocenters. The first-order valence-corrected chi connectivity index (χ1v) is 12.1. The normalized spacial score (nSPS) is 11.4. The van der Waals surface area contributed by atoms with Gasteiger partial charge in [0, 0.05) is 29.6 Å². The smallest absolute Gasteiger partial charge is 0.307 e. The van der Waals surface area contributed by atoms with Crippen LogP contribution in [0.15, 0.2) is 45.8 Å². The van der Waals surface area contributed by atoms with Crippen molar-refractivity contribution < 1.29 is 32.0 Å². The third-order valence-electron chi connectivity index (χ3n) is 5.01. The summed E-state index contributed by atoms with van der Waals surface area (Å²) in [5.74, 6) is 0.698. The lowest BCUT2D eigenvalue weighted by molar-refractivity contribution is -0.142. The second-order valence-corrected chi connectivity index (χ2v) is 9.32. The molecule has 0 aliphatic heterocycles. The van der Waals surface area contributed by atoms with E-state index in [2.05, 4.69) is 9.88 Å². The summed E-state index contributed by atoms with van der Waals surface area (Å²) in [5.41, 5.74) is 1.83. The first-order chi connectivity index (χ1) is 16.1. The van der Waals surface area contributed by atoms with Crippen molar-refractivity contribution in [2.24, 2.45) is 0 Å². The van der Waals surface area contributed by atoms with Crippen LogP contribution in [0.4, 0.5) is 0 Å². The summed E-state index contributed by atoms with van der Waals surface area (Å²) in [6.07, 6.45) is -0.221. The number of esters is 1. The van der Waals surface area contributed by atoms with E-state index in [1.54, 1.807) is 42.7 Å². The predicted octanol–water partition coefficient (Wildman–Crippen LogP) is 2.88. The summed E-state index contributed by atoms with van der Waals surface area (Å²) in [7, 11) is -3.79. The molecule has 34 heavy (non-hydrogen) atoms. The number of aromatic nitrogens is 2. The molecule has 11 heteroatoms. The number of aryl methyl sites for hydroxylation is 2. The Labute approximate surface area is 197 Å². The minimum absolute atomic E-state index is 0.0529. The zero-order valence-electron chi connectivity index (χ0n) is 19.5. The number of nitrogens with one attached hydrogen (secondary N) is 1. The van der Waals surface area contributed by atoms with Crippen LogP contribution in [0.1, 0.15) is 40.9 Å². The summed E-state index contributed by atoms with van der Waals surface area (Å²) in [4.78, 5) is 24.7. The maximum Gasteiger partial charge on any atom is 0.307 e. The van der Waals surface area contributed by atoms with Gasteiger partial charge in [0.1, 0.15) is 11.5 Å². The molecule has 0 spiro atoms. The van der Waals surface area contributed by atoms with Crippen LogP contribution in [-0.4, -0.2) is 49.7 Å². The van der Waals surface area contributed by atoms with Gasteiger partial charge in [-0.1, -0.05) is 5.16 Å². The zero-order valence-corrected chi connectivity index (χ0v) is 20.3. The largest absolute Gasteiger partial charge is 0.494 e. The van der Waals surface area contributed by atoms with Crippen LogP contribution in [0.2, 0.25) is 0 Å². The SMILES string of the molecule is CCOc1ccc(S(=O)(=O)NCCC(=O)OCC(=O)c2cc(C)n(-c3cc(C)on3)c2C)cc1. The Hall–Kier alpha value is -3.44. The van der Waals surface area contributed by atoms with Gasteiger partial charge in [0.25, 0.3) is 0 Å². The lowest BCUT2D eigenvalue weighted by atomic mass is 10.1. The third kappa shape index (κ3) is 5.91. The van der Waals surface area contributed by atoms with Crippen molar-refractivity contribution in [3.05, 3.63) is 59.1 Å². The zero-order chi connectivity index (χ0) is 24.9. The van der Waals surface area contributed by atoms with E-state index < -0.39 is 22.6 Å². The number of nitrogens with zero attached hydrogens (tertiary/aromatic N) is 2. The molecule has 0 fully saturated rings. The highest BCUT2D eigenvalue weighted by molar-refractivity contribution is 7.89. The van der Waals surface area contributed by atoms with E-state index in [1.165, 1.54) is 12.1 Å². The molecule has 0 bridgehead atoms. The molecule has 2 aromatic heterocycles. The van der Waals surface area contributed by atoms with Gasteiger partial charge in [-0.2, -0.15) is 0 Å². The molecule has 0 atom stereocenters. The van der Waals surface area contributed by atoms with Crippen molar-refractivity contribution in [3.8, 4) is 11.6 Å². The summed E-state index contributed by atoms with van der Waals surface area (Å²) in [5, 5.41) is 3.97. The third-order valence-corrected chi connectivity index (χ3v) is 6.48. The van der Waals surface area contributed by atoms with Crippen LogP contribution in [-0.2, 0) is 19.6 Å². The molecule has 3 rings (SSSR count). The maximum atomic E-state index is 12.6. The van der Waals surface area contributed by atoms with Gasteiger partial charge in [0.15, 0.2) is 12.4 Å². The highest BCUT2D eigenvalue weighted by Crippen LogP contribution is 2.21. The highest BCUT2D eigenvalue weighted by Gasteiger charge is 2.20. The summed E-state index contributed by atoms with van der Waals surface area (Å²) >= 11 is 0. The average Bonchev–Trinajstić information content (AvgIpc) is 3.34. The lowest BCUT2D eigenvalue weighted by Crippen LogP contribution is -2.27. The number of rotatable bonds is 11. The molecular weight excluding hydrogens is 462 g/mol. The second-order valence-electron chi connectivity index (χ2n) is 7.55. The Morgan fingerprint density at radius 2 is 1.82 bits per heavy atom. The average molecular weight is 490 g/mol. The molecule has 0 aliphatic rings. The van der Waals surface area contributed by atoms with E-state index in [0.717, 1.165) is 5.69 Å². The number of ether oxygens (including phenoxy) is 2. The number of carbonyl (C=O) groups is 2. The van der Waals surface area contributed by atoms with Crippen molar-refractivity contribution in [1.82, 2.24) is 14.4 Å². The molecule has 0 saturated heterocycles. The fraction of sp³-hybridized carbons (Fsp3) is 0.348. The number of Topliss-reactive ketones (excluding diaryl/α,β-unsaturated/α-hetero) is 1. The van der Waals surface area contributed by atoms with Gasteiger partial charge in [-0.3, -0.25) is 14.2 Å². The molecule has 1 N–H and O–H groups in total. The maximum absolute atomic E-state index is 12.6. The van der Waals surface area contributed by atoms with Crippen LogP contribution in [0.5, 0.6) is 5.75 Å². The number of hydrogen-bond acceptors (Lipinski definition) is 8. The van der Waals surface area contributed by atoms with Gasteiger partial charge in [-0.25, -0.2) is 13.1 Å². The van der Waals surface area contributed by atoms with E-state index in [1.807, 2.05) is 13.8 Å².